The standard InChI is InChI=1S/C21H22BrNO4/c1-4-10-27-21(25)18-12(2)23-15-6-5-7-16(24)20(15)19(18)13-8-9-17(26-3)14(22)11-13/h4,8-9,11,19,23H,1,5-7,10H2,2-3H3. The van der Waals surface area contributed by atoms with E-state index in [-0.39, 0.29) is 12.4 Å². The molecule has 0 amide bonds. The highest BCUT2D eigenvalue weighted by Gasteiger charge is 2.39. The highest BCUT2D eigenvalue weighted by Crippen LogP contribution is 2.43. The molecular formula is C21H22BrNO4. The van der Waals surface area contributed by atoms with Crippen LogP contribution in [-0.4, -0.2) is 25.5 Å². The maximum atomic E-state index is 12.8. The van der Waals surface area contributed by atoms with E-state index in [1.54, 1.807) is 7.11 Å². The normalized spacial score (nSPS) is 19.4. The van der Waals surface area contributed by atoms with E-state index in [0.29, 0.717) is 23.3 Å². The van der Waals surface area contributed by atoms with Crippen LogP contribution in [0.3, 0.4) is 0 Å². The van der Waals surface area contributed by atoms with Gasteiger partial charge >= 0.3 is 5.97 Å². The second-order valence-corrected chi connectivity index (χ2v) is 7.40. The molecule has 1 atom stereocenters. The van der Waals surface area contributed by atoms with Crippen molar-refractivity contribution in [2.45, 2.75) is 32.1 Å². The summed E-state index contributed by atoms with van der Waals surface area (Å²) in [6.07, 6.45) is 3.62. The molecule has 0 saturated heterocycles. The lowest BCUT2D eigenvalue weighted by Crippen LogP contribution is -2.34. The number of carbonyl (C=O) groups excluding carboxylic acids is 2. The van der Waals surface area contributed by atoms with Crippen molar-refractivity contribution in [3.63, 3.8) is 0 Å². The topological polar surface area (TPSA) is 64.6 Å². The molecule has 142 valence electrons. The summed E-state index contributed by atoms with van der Waals surface area (Å²) in [5.74, 6) is -0.147. The molecule has 0 saturated carbocycles. The highest BCUT2D eigenvalue weighted by molar-refractivity contribution is 9.10. The van der Waals surface area contributed by atoms with Gasteiger partial charge in [0.25, 0.3) is 0 Å². The molecule has 0 radical (unpaired) electrons. The van der Waals surface area contributed by atoms with Crippen LogP contribution >= 0.6 is 15.9 Å². The van der Waals surface area contributed by atoms with Crippen LogP contribution < -0.4 is 10.1 Å². The molecule has 1 N–H and O–H groups in total. The first kappa shape index (κ1) is 19.4. The number of rotatable bonds is 5. The number of esters is 1. The van der Waals surface area contributed by atoms with Gasteiger partial charge in [0, 0.05) is 29.3 Å². The minimum atomic E-state index is -0.464. The van der Waals surface area contributed by atoms with Gasteiger partial charge in [0.2, 0.25) is 0 Å². The van der Waals surface area contributed by atoms with Crippen molar-refractivity contribution in [2.24, 2.45) is 0 Å². The molecule has 0 aromatic heterocycles. The number of carbonyl (C=O) groups is 2. The second kappa shape index (κ2) is 8.13. The van der Waals surface area contributed by atoms with Gasteiger partial charge in [0.05, 0.1) is 17.2 Å². The lowest BCUT2D eigenvalue weighted by molar-refractivity contribution is -0.138. The van der Waals surface area contributed by atoms with Gasteiger partial charge in [-0.15, -0.1) is 0 Å². The smallest absolute Gasteiger partial charge is 0.337 e. The Labute approximate surface area is 167 Å². The number of hydrogen-bond donors (Lipinski definition) is 1. The zero-order chi connectivity index (χ0) is 19.6. The van der Waals surface area contributed by atoms with Gasteiger partial charge in [-0.25, -0.2) is 4.79 Å². The summed E-state index contributed by atoms with van der Waals surface area (Å²) in [5, 5.41) is 3.27. The first-order valence-corrected chi connectivity index (χ1v) is 9.62. The maximum absolute atomic E-state index is 12.8. The minimum Gasteiger partial charge on any atom is -0.496 e. The molecule has 1 unspecified atom stereocenters. The van der Waals surface area contributed by atoms with Gasteiger partial charge < -0.3 is 14.8 Å². The molecule has 1 aromatic rings. The monoisotopic (exact) mass is 431 g/mol. The Kier molecular flexibility index (Phi) is 5.85. The third kappa shape index (κ3) is 3.72. The molecule has 3 rings (SSSR count). The third-order valence-corrected chi connectivity index (χ3v) is 5.46. The van der Waals surface area contributed by atoms with E-state index in [0.717, 1.165) is 34.3 Å². The second-order valence-electron chi connectivity index (χ2n) is 6.55. The summed E-state index contributed by atoms with van der Waals surface area (Å²) < 4.78 is 11.4. The number of ketones is 1. The Morgan fingerprint density at radius 3 is 2.85 bits per heavy atom. The van der Waals surface area contributed by atoms with Crippen LogP contribution in [0, 0.1) is 0 Å². The third-order valence-electron chi connectivity index (χ3n) is 4.84. The van der Waals surface area contributed by atoms with Crippen molar-refractivity contribution in [1.82, 2.24) is 5.32 Å². The number of Topliss-reactive ketones (excluding diaryl/α,β-unsaturated/α-hetero) is 1. The molecule has 0 spiro atoms. The molecular weight excluding hydrogens is 410 g/mol. The zero-order valence-electron chi connectivity index (χ0n) is 15.4. The quantitative estimate of drug-likeness (QED) is 0.560. The Morgan fingerprint density at radius 1 is 1.41 bits per heavy atom. The van der Waals surface area contributed by atoms with Crippen molar-refractivity contribution in [1.29, 1.82) is 0 Å². The number of dihydropyridines is 1. The number of benzene rings is 1. The van der Waals surface area contributed by atoms with Crippen LogP contribution in [0.5, 0.6) is 5.75 Å². The van der Waals surface area contributed by atoms with Crippen molar-refractivity contribution in [3.8, 4) is 5.75 Å². The van der Waals surface area contributed by atoms with E-state index in [4.69, 9.17) is 9.47 Å². The lowest BCUT2D eigenvalue weighted by atomic mass is 9.75. The summed E-state index contributed by atoms with van der Waals surface area (Å²) >= 11 is 3.50. The molecule has 0 bridgehead atoms. The van der Waals surface area contributed by atoms with Crippen LogP contribution in [-0.2, 0) is 14.3 Å². The van der Waals surface area contributed by atoms with Gasteiger partial charge in [-0.1, -0.05) is 18.7 Å². The number of allylic oxidation sites excluding steroid dienone is 3. The fourth-order valence-electron chi connectivity index (χ4n) is 3.66. The summed E-state index contributed by atoms with van der Waals surface area (Å²) in [4.78, 5) is 25.6. The summed E-state index contributed by atoms with van der Waals surface area (Å²) in [6, 6.07) is 5.62. The fourth-order valence-corrected chi connectivity index (χ4v) is 4.22. The maximum Gasteiger partial charge on any atom is 0.337 e. The van der Waals surface area contributed by atoms with Gasteiger partial charge in [0.15, 0.2) is 5.78 Å². The summed E-state index contributed by atoms with van der Waals surface area (Å²) in [6.45, 7) is 5.56. The van der Waals surface area contributed by atoms with E-state index < -0.39 is 11.9 Å². The average Bonchev–Trinajstić information content (AvgIpc) is 2.65. The molecule has 6 heteroatoms. The van der Waals surface area contributed by atoms with E-state index in [9.17, 15) is 9.59 Å². The van der Waals surface area contributed by atoms with Crippen LogP contribution in [0.2, 0.25) is 0 Å². The predicted octanol–water partition coefficient (Wildman–Crippen LogP) is 4.15. The van der Waals surface area contributed by atoms with Gasteiger partial charge in [-0.05, 0) is 53.4 Å². The van der Waals surface area contributed by atoms with Gasteiger partial charge in [0.1, 0.15) is 12.4 Å². The first-order chi connectivity index (χ1) is 13.0. The summed E-state index contributed by atoms with van der Waals surface area (Å²) in [5.41, 5.74) is 3.59. The number of halogens is 1. The molecule has 1 aliphatic heterocycles. The molecule has 1 heterocycles. The largest absolute Gasteiger partial charge is 0.496 e. The molecule has 5 nitrogen and oxygen atoms in total. The average molecular weight is 432 g/mol. The van der Waals surface area contributed by atoms with Crippen LogP contribution in [0.15, 0.2) is 57.9 Å². The fraction of sp³-hybridized carbons (Fsp3) is 0.333. The molecule has 27 heavy (non-hydrogen) atoms. The molecule has 1 aliphatic carbocycles. The van der Waals surface area contributed by atoms with E-state index in [2.05, 4.69) is 27.8 Å². The van der Waals surface area contributed by atoms with Crippen molar-refractivity contribution in [3.05, 3.63) is 63.4 Å². The van der Waals surface area contributed by atoms with Crippen LogP contribution in [0.25, 0.3) is 0 Å². The van der Waals surface area contributed by atoms with Crippen LogP contribution in [0.4, 0.5) is 0 Å². The van der Waals surface area contributed by atoms with Crippen LogP contribution in [0.1, 0.15) is 37.7 Å². The lowest BCUT2D eigenvalue weighted by Gasteiger charge is -2.34. The number of ether oxygens (including phenoxy) is 2. The van der Waals surface area contributed by atoms with Gasteiger partial charge in [-0.3, -0.25) is 4.79 Å². The zero-order valence-corrected chi connectivity index (χ0v) is 17.0. The molecule has 1 aromatic carbocycles. The number of nitrogens with one attached hydrogen (secondary N) is 1. The van der Waals surface area contributed by atoms with E-state index in [1.165, 1.54) is 6.08 Å². The Bertz CT molecular complexity index is 869. The minimum absolute atomic E-state index is 0.0715. The Balaban J connectivity index is 2.14. The van der Waals surface area contributed by atoms with E-state index >= 15 is 0 Å². The van der Waals surface area contributed by atoms with Crippen molar-refractivity contribution >= 4 is 27.7 Å². The Hall–Kier alpha value is -2.34. The Morgan fingerprint density at radius 2 is 2.19 bits per heavy atom. The number of hydrogen-bond acceptors (Lipinski definition) is 5. The molecule has 0 fully saturated rings. The predicted molar refractivity (Wildman–Crippen MR) is 106 cm³/mol. The molecule has 2 aliphatic rings. The number of methoxy groups -OCH3 is 1. The van der Waals surface area contributed by atoms with Gasteiger partial charge in [-0.2, -0.15) is 0 Å². The van der Waals surface area contributed by atoms with Crippen molar-refractivity contribution in [2.75, 3.05) is 13.7 Å². The first-order valence-electron chi connectivity index (χ1n) is 8.83. The van der Waals surface area contributed by atoms with Crippen molar-refractivity contribution < 1.29 is 19.1 Å². The van der Waals surface area contributed by atoms with E-state index in [1.807, 2.05) is 25.1 Å². The highest BCUT2D eigenvalue weighted by atomic mass is 79.9. The SMILES string of the molecule is C=CCOC(=O)C1=C(C)NC2=C(C(=O)CCC2)C1c1ccc(OC)c(Br)c1. The summed E-state index contributed by atoms with van der Waals surface area (Å²) in [7, 11) is 1.59.